The van der Waals surface area contributed by atoms with E-state index in [-0.39, 0.29) is 18.1 Å². The van der Waals surface area contributed by atoms with E-state index >= 15 is 0 Å². The number of anilines is 1. The molecule has 0 fully saturated rings. The van der Waals surface area contributed by atoms with Crippen molar-refractivity contribution in [1.29, 1.82) is 0 Å². The highest BCUT2D eigenvalue weighted by molar-refractivity contribution is 7.90. The van der Waals surface area contributed by atoms with Crippen LogP contribution in [0.5, 0.6) is 11.5 Å². The Balaban J connectivity index is 1.54. The van der Waals surface area contributed by atoms with Crippen molar-refractivity contribution in [3.05, 3.63) is 81.8 Å². The Bertz CT molecular complexity index is 1480. The van der Waals surface area contributed by atoms with Crippen LogP contribution in [0.15, 0.2) is 65.6 Å². The van der Waals surface area contributed by atoms with Crippen LogP contribution in [0.2, 0.25) is 10.0 Å². The van der Waals surface area contributed by atoms with Crippen molar-refractivity contribution in [2.75, 3.05) is 18.7 Å². The summed E-state index contributed by atoms with van der Waals surface area (Å²) in [5.74, 6) is 0.571. The average Bonchev–Trinajstić information content (AvgIpc) is 3.34. The Morgan fingerprint density at radius 2 is 1.76 bits per heavy atom. The van der Waals surface area contributed by atoms with Crippen molar-refractivity contribution in [3.63, 3.8) is 0 Å². The van der Waals surface area contributed by atoms with Gasteiger partial charge in [0, 0.05) is 28.8 Å². The molecule has 2 N–H and O–H groups in total. The van der Waals surface area contributed by atoms with Gasteiger partial charge in [-0.1, -0.05) is 47.5 Å². The molecule has 1 atom stereocenters. The predicted octanol–water partition coefficient (Wildman–Crippen LogP) is 4.68. The summed E-state index contributed by atoms with van der Waals surface area (Å²) in [6.07, 6.45) is 0.444. The zero-order valence-electron chi connectivity index (χ0n) is 20.5. The van der Waals surface area contributed by atoms with Crippen LogP contribution in [-0.2, 0) is 21.2 Å². The highest BCUT2D eigenvalue weighted by Crippen LogP contribution is 2.35. The summed E-state index contributed by atoms with van der Waals surface area (Å²) in [6.45, 7) is 1.70. The molecule has 0 bridgehead atoms. The summed E-state index contributed by atoms with van der Waals surface area (Å²) in [6, 6.07) is 14.1. The number of nitrogens with one attached hydrogen (secondary N) is 2. The van der Waals surface area contributed by atoms with Crippen LogP contribution in [-0.4, -0.2) is 40.2 Å². The third-order valence-corrected chi connectivity index (χ3v) is 8.08. The molecule has 0 saturated heterocycles. The zero-order valence-corrected chi connectivity index (χ0v) is 22.9. The number of likely N-dealkylation sites (N-methyl/N-ethyl adjacent to an activating group) is 1. The highest BCUT2D eigenvalue weighted by Gasteiger charge is 2.28. The smallest absolute Gasteiger partial charge is 0.329 e. The number of amides is 3. The largest absolute Gasteiger partial charge is 0.454 e. The molecule has 0 aromatic heterocycles. The number of nitrogens with zero attached hydrogens (tertiary/aromatic N) is 1. The normalized spacial score (nSPS) is 13.1. The summed E-state index contributed by atoms with van der Waals surface area (Å²) in [5, 5.41) is 3.40. The number of carbonyl (C=O) groups is 2. The summed E-state index contributed by atoms with van der Waals surface area (Å²) < 4.78 is 38.3. The van der Waals surface area contributed by atoms with Crippen molar-refractivity contribution in [3.8, 4) is 11.5 Å². The van der Waals surface area contributed by atoms with Crippen molar-refractivity contribution in [1.82, 2.24) is 10.0 Å². The van der Waals surface area contributed by atoms with Crippen LogP contribution in [0.3, 0.4) is 0 Å². The van der Waals surface area contributed by atoms with E-state index in [9.17, 15) is 18.0 Å². The van der Waals surface area contributed by atoms with Gasteiger partial charge in [0.15, 0.2) is 11.5 Å². The standard InChI is InChI=1S/C26H25Cl2N3O6S/c1-16-5-3-4-6-24(16)38(34,35)30-26(33)29-21(11-8-17-7-9-18(27)13-20(17)28)25(32)31(2)19-10-12-22-23(14-19)37-15-36-22/h3-7,9-10,12-14,21H,8,11,15H2,1-2H3,(H2,29,30,33)/t21-/m0/s1. The van der Waals surface area contributed by atoms with Crippen molar-refractivity contribution in [2.24, 2.45) is 0 Å². The minimum atomic E-state index is -4.17. The van der Waals surface area contributed by atoms with E-state index in [0.29, 0.717) is 44.8 Å². The van der Waals surface area contributed by atoms with E-state index in [2.05, 4.69) is 5.32 Å². The maximum Gasteiger partial charge on any atom is 0.329 e. The lowest BCUT2D eigenvalue weighted by molar-refractivity contribution is -0.120. The third-order valence-electron chi connectivity index (χ3n) is 6.01. The topological polar surface area (TPSA) is 114 Å². The minimum absolute atomic E-state index is 0.0385. The van der Waals surface area contributed by atoms with Crippen LogP contribution in [0.4, 0.5) is 10.5 Å². The molecule has 0 unspecified atom stereocenters. The average molecular weight is 578 g/mol. The van der Waals surface area contributed by atoms with E-state index < -0.39 is 28.0 Å². The first-order chi connectivity index (χ1) is 18.0. The molecule has 1 aliphatic heterocycles. The van der Waals surface area contributed by atoms with Gasteiger partial charge in [-0.3, -0.25) is 4.79 Å². The summed E-state index contributed by atoms with van der Waals surface area (Å²) in [7, 11) is -2.63. The molecular formula is C26H25Cl2N3O6S. The zero-order chi connectivity index (χ0) is 27.4. The molecule has 0 saturated carbocycles. The van der Waals surface area contributed by atoms with Gasteiger partial charge in [-0.25, -0.2) is 17.9 Å². The number of hydrogen-bond acceptors (Lipinski definition) is 6. The summed E-state index contributed by atoms with van der Waals surface area (Å²) >= 11 is 12.3. The number of benzene rings is 3. The van der Waals surface area contributed by atoms with Gasteiger partial charge in [0.05, 0.1) is 4.90 Å². The summed E-state index contributed by atoms with van der Waals surface area (Å²) in [5.41, 5.74) is 1.69. The third kappa shape index (κ3) is 6.32. The molecule has 0 radical (unpaired) electrons. The molecule has 3 aromatic rings. The second-order valence-corrected chi connectivity index (χ2v) is 11.1. The Morgan fingerprint density at radius 1 is 1.03 bits per heavy atom. The molecule has 3 aromatic carbocycles. The lowest BCUT2D eigenvalue weighted by Crippen LogP contribution is -2.51. The van der Waals surface area contributed by atoms with Crippen molar-refractivity contribution < 1.29 is 27.5 Å². The molecule has 12 heteroatoms. The second-order valence-electron chi connectivity index (χ2n) is 8.61. The van der Waals surface area contributed by atoms with Gasteiger partial charge in [-0.2, -0.15) is 0 Å². The van der Waals surface area contributed by atoms with E-state index in [1.807, 2.05) is 4.72 Å². The monoisotopic (exact) mass is 577 g/mol. The number of hydrogen-bond donors (Lipinski definition) is 2. The van der Waals surface area contributed by atoms with Gasteiger partial charge in [0.2, 0.25) is 12.7 Å². The van der Waals surface area contributed by atoms with E-state index in [4.69, 9.17) is 32.7 Å². The number of rotatable bonds is 8. The fraction of sp³-hybridized carbons (Fsp3) is 0.231. The van der Waals surface area contributed by atoms with E-state index in [1.54, 1.807) is 68.6 Å². The van der Waals surface area contributed by atoms with Crippen molar-refractivity contribution >= 4 is 50.9 Å². The molecule has 3 amide bonds. The highest BCUT2D eigenvalue weighted by atomic mass is 35.5. The molecule has 38 heavy (non-hydrogen) atoms. The van der Waals surface area contributed by atoms with Crippen LogP contribution in [0, 0.1) is 6.92 Å². The number of urea groups is 1. The fourth-order valence-corrected chi connectivity index (χ4v) is 5.62. The number of halogens is 2. The quantitative estimate of drug-likeness (QED) is 0.401. The van der Waals surface area contributed by atoms with E-state index in [1.165, 1.54) is 11.0 Å². The molecule has 9 nitrogen and oxygen atoms in total. The molecule has 0 spiro atoms. The van der Waals surface area contributed by atoms with Crippen LogP contribution < -0.4 is 24.4 Å². The lowest BCUT2D eigenvalue weighted by Gasteiger charge is -2.25. The maximum absolute atomic E-state index is 13.5. The molecule has 1 heterocycles. The Hall–Kier alpha value is -3.47. The number of fused-ring (bicyclic) bond motifs is 1. The first kappa shape index (κ1) is 27.6. The molecule has 0 aliphatic carbocycles. The summed E-state index contributed by atoms with van der Waals surface area (Å²) in [4.78, 5) is 27.7. The maximum atomic E-state index is 13.5. The molecule has 200 valence electrons. The number of aryl methyl sites for hydroxylation is 2. The van der Waals surface area contributed by atoms with Gasteiger partial charge in [0.25, 0.3) is 10.0 Å². The predicted molar refractivity (Wildman–Crippen MR) is 145 cm³/mol. The SMILES string of the molecule is Cc1ccccc1S(=O)(=O)NC(=O)N[C@@H](CCc1ccc(Cl)cc1Cl)C(=O)N(C)c1ccc2c(c1)OCO2. The Morgan fingerprint density at radius 3 is 2.50 bits per heavy atom. The second kappa shape index (κ2) is 11.5. The van der Waals surface area contributed by atoms with Gasteiger partial charge in [0.1, 0.15) is 6.04 Å². The van der Waals surface area contributed by atoms with Gasteiger partial charge in [-0.15, -0.1) is 0 Å². The van der Waals surface area contributed by atoms with Crippen LogP contribution >= 0.6 is 23.2 Å². The fourth-order valence-electron chi connectivity index (χ4n) is 3.96. The lowest BCUT2D eigenvalue weighted by atomic mass is 10.0. The van der Waals surface area contributed by atoms with Gasteiger partial charge in [-0.05, 0) is 61.2 Å². The Kier molecular flexibility index (Phi) is 8.35. The van der Waals surface area contributed by atoms with Gasteiger partial charge >= 0.3 is 6.03 Å². The number of sulfonamides is 1. The van der Waals surface area contributed by atoms with Crippen molar-refractivity contribution in [2.45, 2.75) is 30.7 Å². The number of ether oxygens (including phenoxy) is 2. The first-order valence-corrected chi connectivity index (χ1v) is 13.8. The van der Waals surface area contributed by atoms with Crippen LogP contribution in [0.25, 0.3) is 0 Å². The van der Waals surface area contributed by atoms with E-state index in [0.717, 1.165) is 0 Å². The first-order valence-electron chi connectivity index (χ1n) is 11.6. The molecule has 4 rings (SSSR count). The molecule has 1 aliphatic rings. The minimum Gasteiger partial charge on any atom is -0.454 e. The number of carbonyl (C=O) groups excluding carboxylic acids is 2. The van der Waals surface area contributed by atoms with Gasteiger partial charge < -0.3 is 19.7 Å². The Labute approximate surface area is 230 Å². The van der Waals surface area contributed by atoms with Crippen LogP contribution in [0.1, 0.15) is 17.5 Å². The molecular weight excluding hydrogens is 553 g/mol.